The molecule has 0 aromatic heterocycles. The molecule has 0 amide bonds. The van der Waals surface area contributed by atoms with Gasteiger partial charge in [-0.15, -0.1) is 0 Å². The van der Waals surface area contributed by atoms with Gasteiger partial charge in [-0.3, -0.25) is 0 Å². The molecule has 0 aliphatic carbocycles. The molecule has 0 saturated carbocycles. The maximum atomic E-state index is 5.92. The molecule has 0 fully saturated rings. The molecule has 1 aromatic rings. The summed E-state index contributed by atoms with van der Waals surface area (Å²) in [7, 11) is 1.70. The summed E-state index contributed by atoms with van der Waals surface area (Å²) in [5.41, 5.74) is 1.17. The fraction of sp³-hybridized carbons (Fsp3) is 0.647. The van der Waals surface area contributed by atoms with E-state index in [9.17, 15) is 0 Å². The number of benzene rings is 1. The summed E-state index contributed by atoms with van der Waals surface area (Å²) in [5, 5.41) is 3.42. The maximum absolute atomic E-state index is 5.92. The number of unbranched alkanes of at least 4 members (excludes halogenated alkanes) is 3. The molecule has 0 spiro atoms. The van der Waals surface area contributed by atoms with E-state index in [-0.39, 0.29) is 0 Å². The van der Waals surface area contributed by atoms with Crippen molar-refractivity contribution in [2.24, 2.45) is 0 Å². The second-order valence-corrected chi connectivity index (χ2v) is 5.06. The summed E-state index contributed by atoms with van der Waals surface area (Å²) in [6.45, 7) is 7.04. The molecular weight excluding hydrogens is 250 g/mol. The molecule has 20 heavy (non-hydrogen) atoms. The van der Waals surface area contributed by atoms with E-state index < -0.39 is 0 Å². The average Bonchev–Trinajstić information content (AvgIpc) is 2.48. The van der Waals surface area contributed by atoms with E-state index in [2.05, 4.69) is 25.2 Å². The van der Waals surface area contributed by atoms with Crippen LogP contribution in [0.15, 0.2) is 18.2 Å². The van der Waals surface area contributed by atoms with E-state index in [1.807, 2.05) is 12.1 Å². The fourth-order valence-electron chi connectivity index (χ4n) is 2.07. The summed E-state index contributed by atoms with van der Waals surface area (Å²) in [6.07, 6.45) is 6.06. The Kier molecular flexibility index (Phi) is 8.88. The fourth-order valence-corrected chi connectivity index (χ4v) is 2.07. The van der Waals surface area contributed by atoms with Crippen molar-refractivity contribution in [1.29, 1.82) is 0 Å². The first-order valence-corrected chi connectivity index (χ1v) is 7.82. The van der Waals surface area contributed by atoms with Gasteiger partial charge in [0.2, 0.25) is 0 Å². The highest BCUT2D eigenvalue weighted by Gasteiger charge is 2.05. The Morgan fingerprint density at radius 3 is 2.60 bits per heavy atom. The third-order valence-electron chi connectivity index (χ3n) is 3.27. The van der Waals surface area contributed by atoms with Crippen molar-refractivity contribution in [2.45, 2.75) is 52.5 Å². The summed E-state index contributed by atoms with van der Waals surface area (Å²) >= 11 is 0. The molecule has 0 atom stereocenters. The largest absolute Gasteiger partial charge is 0.497 e. The lowest BCUT2D eigenvalue weighted by Gasteiger charge is -2.13. The molecular formula is C17H29NO2. The predicted molar refractivity (Wildman–Crippen MR) is 84.6 cm³/mol. The van der Waals surface area contributed by atoms with Crippen molar-refractivity contribution in [3.8, 4) is 11.5 Å². The van der Waals surface area contributed by atoms with E-state index in [1.54, 1.807) is 7.11 Å². The predicted octanol–water partition coefficient (Wildman–Crippen LogP) is 4.15. The van der Waals surface area contributed by atoms with Crippen molar-refractivity contribution < 1.29 is 9.47 Å². The molecule has 1 rings (SSSR count). The molecule has 0 saturated heterocycles. The topological polar surface area (TPSA) is 30.5 Å². The smallest absolute Gasteiger partial charge is 0.124 e. The third kappa shape index (κ3) is 6.29. The highest BCUT2D eigenvalue weighted by atomic mass is 16.5. The monoisotopic (exact) mass is 279 g/mol. The van der Waals surface area contributed by atoms with Crippen LogP contribution in [0.4, 0.5) is 0 Å². The van der Waals surface area contributed by atoms with Crippen LogP contribution >= 0.6 is 0 Å². The third-order valence-corrected chi connectivity index (χ3v) is 3.27. The van der Waals surface area contributed by atoms with Crippen LogP contribution in [0.25, 0.3) is 0 Å². The molecule has 0 heterocycles. The van der Waals surface area contributed by atoms with Crippen molar-refractivity contribution in [3.63, 3.8) is 0 Å². The molecule has 114 valence electrons. The van der Waals surface area contributed by atoms with Crippen LogP contribution in [0.5, 0.6) is 11.5 Å². The van der Waals surface area contributed by atoms with E-state index in [0.29, 0.717) is 0 Å². The highest BCUT2D eigenvalue weighted by molar-refractivity contribution is 5.40. The highest BCUT2D eigenvalue weighted by Crippen LogP contribution is 2.24. The first-order valence-electron chi connectivity index (χ1n) is 7.82. The SMILES string of the molecule is CCCCCCOc1ccc(OC)cc1CNCCC. The second kappa shape index (κ2) is 10.6. The number of methoxy groups -OCH3 is 1. The van der Waals surface area contributed by atoms with Crippen LogP contribution in [-0.2, 0) is 6.54 Å². The molecule has 3 nitrogen and oxygen atoms in total. The zero-order chi connectivity index (χ0) is 14.6. The van der Waals surface area contributed by atoms with Gasteiger partial charge in [-0.25, -0.2) is 0 Å². The van der Waals surface area contributed by atoms with Crippen LogP contribution in [-0.4, -0.2) is 20.3 Å². The Balaban J connectivity index is 2.53. The molecule has 0 unspecified atom stereocenters. The Hall–Kier alpha value is -1.22. The summed E-state index contributed by atoms with van der Waals surface area (Å²) < 4.78 is 11.2. The van der Waals surface area contributed by atoms with E-state index in [1.165, 1.54) is 24.8 Å². The average molecular weight is 279 g/mol. The maximum Gasteiger partial charge on any atom is 0.124 e. The molecule has 1 N–H and O–H groups in total. The van der Waals surface area contributed by atoms with Crippen LogP contribution in [0, 0.1) is 0 Å². The lowest BCUT2D eigenvalue weighted by molar-refractivity contribution is 0.300. The number of ether oxygens (including phenoxy) is 2. The van der Waals surface area contributed by atoms with Crippen molar-refractivity contribution in [2.75, 3.05) is 20.3 Å². The van der Waals surface area contributed by atoms with E-state index in [0.717, 1.165) is 44.0 Å². The van der Waals surface area contributed by atoms with Gasteiger partial charge in [0, 0.05) is 12.1 Å². The van der Waals surface area contributed by atoms with Crippen molar-refractivity contribution in [1.82, 2.24) is 5.32 Å². The Morgan fingerprint density at radius 1 is 1.05 bits per heavy atom. The zero-order valence-corrected chi connectivity index (χ0v) is 13.2. The normalized spacial score (nSPS) is 10.6. The van der Waals surface area contributed by atoms with Gasteiger partial charge in [0.1, 0.15) is 11.5 Å². The number of hydrogen-bond donors (Lipinski definition) is 1. The van der Waals surface area contributed by atoms with Gasteiger partial charge in [-0.1, -0.05) is 33.1 Å². The van der Waals surface area contributed by atoms with Crippen LogP contribution < -0.4 is 14.8 Å². The summed E-state index contributed by atoms with van der Waals surface area (Å²) in [6, 6.07) is 6.04. The van der Waals surface area contributed by atoms with Gasteiger partial charge in [0.05, 0.1) is 13.7 Å². The Bertz CT molecular complexity index is 366. The Labute approximate surface area is 123 Å². The van der Waals surface area contributed by atoms with E-state index >= 15 is 0 Å². The molecule has 0 aliphatic rings. The van der Waals surface area contributed by atoms with Gasteiger partial charge >= 0.3 is 0 Å². The molecule has 0 aliphatic heterocycles. The number of rotatable bonds is 11. The minimum atomic E-state index is 0.799. The van der Waals surface area contributed by atoms with Gasteiger partial charge in [0.25, 0.3) is 0 Å². The van der Waals surface area contributed by atoms with Crippen LogP contribution in [0.2, 0.25) is 0 Å². The second-order valence-electron chi connectivity index (χ2n) is 5.06. The zero-order valence-electron chi connectivity index (χ0n) is 13.2. The molecule has 1 aromatic carbocycles. The van der Waals surface area contributed by atoms with Gasteiger partial charge in [-0.2, -0.15) is 0 Å². The Morgan fingerprint density at radius 2 is 1.90 bits per heavy atom. The van der Waals surface area contributed by atoms with Gasteiger partial charge < -0.3 is 14.8 Å². The minimum absolute atomic E-state index is 0.799. The van der Waals surface area contributed by atoms with Gasteiger partial charge in [-0.05, 0) is 37.6 Å². The summed E-state index contributed by atoms with van der Waals surface area (Å²) in [5.74, 6) is 1.86. The molecule has 0 bridgehead atoms. The van der Waals surface area contributed by atoms with Crippen LogP contribution in [0.3, 0.4) is 0 Å². The number of hydrogen-bond acceptors (Lipinski definition) is 3. The quantitative estimate of drug-likeness (QED) is 0.617. The lowest BCUT2D eigenvalue weighted by atomic mass is 10.1. The first-order chi connectivity index (χ1) is 9.81. The first kappa shape index (κ1) is 16.8. The summed E-state index contributed by atoms with van der Waals surface area (Å²) in [4.78, 5) is 0. The van der Waals surface area contributed by atoms with Crippen LogP contribution in [0.1, 0.15) is 51.5 Å². The van der Waals surface area contributed by atoms with Gasteiger partial charge in [0.15, 0.2) is 0 Å². The molecule has 0 radical (unpaired) electrons. The van der Waals surface area contributed by atoms with Crippen molar-refractivity contribution >= 4 is 0 Å². The lowest BCUT2D eigenvalue weighted by Crippen LogP contribution is -2.15. The molecule has 3 heteroatoms. The van der Waals surface area contributed by atoms with Crippen molar-refractivity contribution in [3.05, 3.63) is 23.8 Å². The van der Waals surface area contributed by atoms with E-state index in [4.69, 9.17) is 9.47 Å². The number of nitrogens with one attached hydrogen (secondary N) is 1. The standard InChI is InChI=1S/C17H29NO2/c1-4-6-7-8-12-20-17-10-9-16(19-3)13-15(17)14-18-11-5-2/h9-10,13,18H,4-8,11-12,14H2,1-3H3. The minimum Gasteiger partial charge on any atom is -0.497 e.